The normalized spacial score (nSPS) is 15.5. The Balaban J connectivity index is 2.11. The molecule has 5 heteroatoms. The van der Waals surface area contributed by atoms with E-state index in [2.05, 4.69) is 16.0 Å². The number of rotatable bonds is 2. The molecule has 2 rings (SSSR count). The number of anilines is 1. The number of hydrogen-bond donors (Lipinski definition) is 0. The van der Waals surface area contributed by atoms with Gasteiger partial charge in [-0.2, -0.15) is 5.26 Å². The van der Waals surface area contributed by atoms with Gasteiger partial charge in [0.1, 0.15) is 11.9 Å². The Labute approximate surface area is 100 Å². The van der Waals surface area contributed by atoms with E-state index in [1.54, 1.807) is 11.1 Å². The maximum atomic E-state index is 10.6. The van der Waals surface area contributed by atoms with Gasteiger partial charge < -0.3 is 9.80 Å². The van der Waals surface area contributed by atoms with Gasteiger partial charge in [-0.1, -0.05) is 0 Å². The summed E-state index contributed by atoms with van der Waals surface area (Å²) < 4.78 is 0. The van der Waals surface area contributed by atoms with Crippen LogP contribution in [-0.4, -0.2) is 42.5 Å². The monoisotopic (exact) mass is 230 g/mol. The van der Waals surface area contributed by atoms with E-state index >= 15 is 0 Å². The predicted octanol–water partition coefficient (Wildman–Crippen LogP) is 0.540. The number of nitrogens with zero attached hydrogens (tertiary/aromatic N) is 4. The number of carbonyl (C=O) groups is 1. The summed E-state index contributed by atoms with van der Waals surface area (Å²) in [5, 5.41) is 8.84. The van der Waals surface area contributed by atoms with Gasteiger partial charge in [-0.25, -0.2) is 4.98 Å². The van der Waals surface area contributed by atoms with Crippen LogP contribution in [0.25, 0.3) is 0 Å². The van der Waals surface area contributed by atoms with Crippen molar-refractivity contribution in [3.05, 3.63) is 23.4 Å². The number of nitriles is 1. The molecule has 1 aliphatic rings. The highest BCUT2D eigenvalue weighted by Crippen LogP contribution is 2.16. The van der Waals surface area contributed by atoms with Gasteiger partial charge in [-0.05, 0) is 18.6 Å². The van der Waals surface area contributed by atoms with Gasteiger partial charge in [0.2, 0.25) is 6.41 Å². The Hall–Kier alpha value is -2.09. The molecule has 0 atom stereocenters. The minimum Gasteiger partial charge on any atom is -0.353 e. The summed E-state index contributed by atoms with van der Waals surface area (Å²) in [5.41, 5.74) is 1.55. The molecule has 1 amide bonds. The van der Waals surface area contributed by atoms with E-state index < -0.39 is 0 Å². The van der Waals surface area contributed by atoms with Crippen molar-refractivity contribution < 1.29 is 4.79 Å². The first kappa shape index (κ1) is 11.4. The highest BCUT2D eigenvalue weighted by atomic mass is 16.1. The van der Waals surface area contributed by atoms with Crippen molar-refractivity contribution >= 4 is 12.2 Å². The molecule has 0 saturated carbocycles. The fourth-order valence-corrected chi connectivity index (χ4v) is 1.89. The number of aryl methyl sites for hydroxylation is 1. The summed E-state index contributed by atoms with van der Waals surface area (Å²) >= 11 is 0. The van der Waals surface area contributed by atoms with Crippen LogP contribution in [0.5, 0.6) is 0 Å². The zero-order valence-electron chi connectivity index (χ0n) is 9.76. The van der Waals surface area contributed by atoms with Gasteiger partial charge in [-0.15, -0.1) is 0 Å². The van der Waals surface area contributed by atoms with Crippen molar-refractivity contribution in [3.8, 4) is 6.07 Å². The van der Waals surface area contributed by atoms with Gasteiger partial charge in [0, 0.05) is 32.4 Å². The highest BCUT2D eigenvalue weighted by Gasteiger charge is 2.16. The SMILES string of the molecule is Cc1cc(N2CCN(C=O)CC2)ncc1C#N. The maximum absolute atomic E-state index is 10.6. The van der Waals surface area contributed by atoms with Crippen LogP contribution in [0.15, 0.2) is 12.3 Å². The molecule has 1 aromatic heterocycles. The lowest BCUT2D eigenvalue weighted by Gasteiger charge is -2.33. The number of carbonyl (C=O) groups excluding carboxylic acids is 1. The van der Waals surface area contributed by atoms with Crippen LogP contribution in [0.3, 0.4) is 0 Å². The molecular formula is C12H14N4O. The lowest BCUT2D eigenvalue weighted by Crippen LogP contribution is -2.46. The molecule has 0 radical (unpaired) electrons. The van der Waals surface area contributed by atoms with Gasteiger partial charge >= 0.3 is 0 Å². The fraction of sp³-hybridized carbons (Fsp3) is 0.417. The standard InChI is InChI=1S/C12H14N4O/c1-10-6-12(14-8-11(10)7-13)16-4-2-15(9-17)3-5-16/h6,8-9H,2-5H2,1H3. The van der Waals surface area contributed by atoms with Crippen LogP contribution >= 0.6 is 0 Å². The quantitative estimate of drug-likeness (QED) is 0.696. The Morgan fingerprint density at radius 2 is 2.12 bits per heavy atom. The van der Waals surface area contributed by atoms with E-state index in [1.807, 2.05) is 13.0 Å². The van der Waals surface area contributed by atoms with Crippen LogP contribution in [0.4, 0.5) is 5.82 Å². The zero-order valence-corrected chi connectivity index (χ0v) is 9.76. The molecule has 88 valence electrons. The summed E-state index contributed by atoms with van der Waals surface area (Å²) in [7, 11) is 0. The van der Waals surface area contributed by atoms with Crippen molar-refractivity contribution in [1.82, 2.24) is 9.88 Å². The van der Waals surface area contributed by atoms with Crippen LogP contribution in [0.1, 0.15) is 11.1 Å². The third kappa shape index (κ3) is 2.36. The van der Waals surface area contributed by atoms with E-state index in [0.717, 1.165) is 44.0 Å². The number of aromatic nitrogens is 1. The van der Waals surface area contributed by atoms with E-state index in [9.17, 15) is 4.79 Å². The first-order valence-electron chi connectivity index (χ1n) is 5.55. The average molecular weight is 230 g/mol. The molecule has 0 bridgehead atoms. The minimum absolute atomic E-state index is 0.611. The molecule has 0 unspecified atom stereocenters. The van der Waals surface area contributed by atoms with E-state index in [1.165, 1.54) is 0 Å². The van der Waals surface area contributed by atoms with Gasteiger partial charge in [0.15, 0.2) is 0 Å². The smallest absolute Gasteiger partial charge is 0.209 e. The van der Waals surface area contributed by atoms with E-state index in [4.69, 9.17) is 5.26 Å². The molecule has 1 aliphatic heterocycles. The number of hydrogen-bond acceptors (Lipinski definition) is 4. The van der Waals surface area contributed by atoms with Crippen LogP contribution < -0.4 is 4.90 Å². The van der Waals surface area contributed by atoms with Crippen LogP contribution in [0, 0.1) is 18.3 Å². The molecule has 0 aliphatic carbocycles. The molecule has 17 heavy (non-hydrogen) atoms. The topological polar surface area (TPSA) is 60.2 Å². The van der Waals surface area contributed by atoms with Gasteiger partial charge in [0.05, 0.1) is 5.56 Å². The van der Waals surface area contributed by atoms with Gasteiger partial charge in [0.25, 0.3) is 0 Å². The molecule has 0 N–H and O–H groups in total. The Morgan fingerprint density at radius 3 is 2.65 bits per heavy atom. The molecular weight excluding hydrogens is 216 g/mol. The summed E-state index contributed by atoms with van der Waals surface area (Å²) in [4.78, 5) is 18.8. The lowest BCUT2D eigenvalue weighted by atomic mass is 10.1. The fourth-order valence-electron chi connectivity index (χ4n) is 1.89. The summed E-state index contributed by atoms with van der Waals surface area (Å²) in [6.45, 7) is 4.94. The first-order chi connectivity index (χ1) is 8.24. The summed E-state index contributed by atoms with van der Waals surface area (Å²) in [6.07, 6.45) is 2.49. The predicted molar refractivity (Wildman–Crippen MR) is 63.5 cm³/mol. The molecule has 1 saturated heterocycles. The first-order valence-corrected chi connectivity index (χ1v) is 5.55. The molecule has 1 fully saturated rings. The van der Waals surface area contributed by atoms with Gasteiger partial charge in [-0.3, -0.25) is 4.79 Å². The van der Waals surface area contributed by atoms with Crippen molar-refractivity contribution in [2.24, 2.45) is 0 Å². The molecule has 1 aromatic rings. The Kier molecular flexibility index (Phi) is 3.24. The van der Waals surface area contributed by atoms with Crippen molar-refractivity contribution in [1.29, 1.82) is 5.26 Å². The molecule has 5 nitrogen and oxygen atoms in total. The Morgan fingerprint density at radius 1 is 1.41 bits per heavy atom. The second kappa shape index (κ2) is 4.83. The second-order valence-corrected chi connectivity index (χ2v) is 4.10. The largest absolute Gasteiger partial charge is 0.353 e. The van der Waals surface area contributed by atoms with E-state index in [0.29, 0.717) is 5.56 Å². The Bertz CT molecular complexity index is 458. The van der Waals surface area contributed by atoms with Crippen LogP contribution in [-0.2, 0) is 4.79 Å². The summed E-state index contributed by atoms with van der Waals surface area (Å²) in [6, 6.07) is 4.03. The van der Waals surface area contributed by atoms with Crippen molar-refractivity contribution in [2.45, 2.75) is 6.92 Å². The van der Waals surface area contributed by atoms with Crippen molar-refractivity contribution in [2.75, 3.05) is 31.1 Å². The highest BCUT2D eigenvalue weighted by molar-refractivity contribution is 5.50. The molecule has 0 spiro atoms. The van der Waals surface area contributed by atoms with Crippen molar-refractivity contribution in [3.63, 3.8) is 0 Å². The number of pyridine rings is 1. The third-order valence-corrected chi connectivity index (χ3v) is 3.00. The van der Waals surface area contributed by atoms with Crippen LogP contribution in [0.2, 0.25) is 0 Å². The molecule has 0 aromatic carbocycles. The molecule has 2 heterocycles. The second-order valence-electron chi connectivity index (χ2n) is 4.10. The maximum Gasteiger partial charge on any atom is 0.209 e. The number of amides is 1. The third-order valence-electron chi connectivity index (χ3n) is 3.00. The lowest BCUT2D eigenvalue weighted by molar-refractivity contribution is -0.118. The minimum atomic E-state index is 0.611. The van der Waals surface area contributed by atoms with E-state index in [-0.39, 0.29) is 0 Å². The number of piperazine rings is 1. The zero-order chi connectivity index (χ0) is 12.3. The average Bonchev–Trinajstić information content (AvgIpc) is 2.39. The summed E-state index contributed by atoms with van der Waals surface area (Å²) in [5.74, 6) is 0.882.